The minimum atomic E-state index is -0.724. The van der Waals surface area contributed by atoms with E-state index in [4.69, 9.17) is 21.9 Å². The van der Waals surface area contributed by atoms with Crippen LogP contribution in [0.2, 0.25) is 5.02 Å². The Balaban J connectivity index is 3.08. The lowest BCUT2D eigenvalue weighted by Crippen LogP contribution is -2.07. The molecule has 0 spiro atoms. The standard InChI is InChI=1S/C7H7ClFNO2/c8-6-5(11)2-1-4(3-10-12)7(6)9/h1-2,10-12H,3H2. The molecule has 0 aliphatic carbocycles. The summed E-state index contributed by atoms with van der Waals surface area (Å²) in [7, 11) is 0. The predicted octanol–water partition coefficient (Wildman–Crippen LogP) is 1.66. The molecule has 0 radical (unpaired) electrons. The van der Waals surface area contributed by atoms with Gasteiger partial charge in [-0.1, -0.05) is 17.7 Å². The van der Waals surface area contributed by atoms with E-state index in [9.17, 15) is 4.39 Å². The van der Waals surface area contributed by atoms with Crippen molar-refractivity contribution in [2.45, 2.75) is 6.54 Å². The molecule has 1 rings (SSSR count). The number of hydroxylamine groups is 1. The summed E-state index contributed by atoms with van der Waals surface area (Å²) in [6, 6.07) is 2.60. The normalized spacial score (nSPS) is 10.2. The van der Waals surface area contributed by atoms with Gasteiger partial charge in [-0.25, -0.2) is 9.87 Å². The van der Waals surface area contributed by atoms with Crippen LogP contribution in [0.25, 0.3) is 0 Å². The molecule has 3 nitrogen and oxygen atoms in total. The second-order valence-electron chi connectivity index (χ2n) is 2.21. The Morgan fingerprint density at radius 3 is 2.75 bits per heavy atom. The highest BCUT2D eigenvalue weighted by Gasteiger charge is 2.09. The number of phenols is 1. The summed E-state index contributed by atoms with van der Waals surface area (Å²) in [5, 5.41) is 16.9. The number of phenolic OH excluding ortho intramolecular Hbond substituents is 1. The zero-order chi connectivity index (χ0) is 9.14. The maximum Gasteiger partial charge on any atom is 0.150 e. The summed E-state index contributed by atoms with van der Waals surface area (Å²) in [6.45, 7) is -0.0498. The van der Waals surface area contributed by atoms with E-state index < -0.39 is 5.82 Å². The summed E-state index contributed by atoms with van der Waals surface area (Å²) >= 11 is 5.38. The van der Waals surface area contributed by atoms with Crippen molar-refractivity contribution in [3.05, 3.63) is 28.5 Å². The number of rotatable bonds is 2. The highest BCUT2D eigenvalue weighted by Crippen LogP contribution is 2.27. The molecule has 66 valence electrons. The van der Waals surface area contributed by atoms with Crippen LogP contribution in [-0.2, 0) is 6.54 Å². The van der Waals surface area contributed by atoms with E-state index in [1.165, 1.54) is 12.1 Å². The minimum Gasteiger partial charge on any atom is -0.506 e. The van der Waals surface area contributed by atoms with Gasteiger partial charge in [0.1, 0.15) is 16.6 Å². The Morgan fingerprint density at radius 1 is 1.50 bits per heavy atom. The van der Waals surface area contributed by atoms with Gasteiger partial charge in [-0.2, -0.15) is 0 Å². The van der Waals surface area contributed by atoms with Crippen LogP contribution >= 0.6 is 11.6 Å². The summed E-state index contributed by atoms with van der Waals surface area (Å²) in [6.07, 6.45) is 0. The molecule has 0 heterocycles. The molecular weight excluding hydrogens is 185 g/mol. The molecule has 12 heavy (non-hydrogen) atoms. The van der Waals surface area contributed by atoms with E-state index in [1.54, 1.807) is 5.48 Å². The van der Waals surface area contributed by atoms with Gasteiger partial charge in [-0.05, 0) is 6.07 Å². The van der Waals surface area contributed by atoms with Crippen molar-refractivity contribution >= 4 is 11.6 Å². The van der Waals surface area contributed by atoms with Crippen LogP contribution in [0.15, 0.2) is 12.1 Å². The molecule has 0 saturated heterocycles. The van der Waals surface area contributed by atoms with Gasteiger partial charge in [0.25, 0.3) is 0 Å². The van der Waals surface area contributed by atoms with Crippen molar-refractivity contribution in [3.63, 3.8) is 0 Å². The fourth-order valence-corrected chi connectivity index (χ4v) is 0.985. The molecule has 0 aliphatic rings. The topological polar surface area (TPSA) is 52.5 Å². The summed E-state index contributed by atoms with van der Waals surface area (Å²) < 4.78 is 13.0. The first-order chi connectivity index (χ1) is 5.66. The van der Waals surface area contributed by atoms with Gasteiger partial charge >= 0.3 is 0 Å². The predicted molar refractivity (Wildman–Crippen MR) is 41.7 cm³/mol. The SMILES string of the molecule is ONCc1ccc(O)c(Cl)c1F. The number of benzene rings is 1. The molecule has 0 saturated carbocycles. The largest absolute Gasteiger partial charge is 0.506 e. The average molecular weight is 192 g/mol. The van der Waals surface area contributed by atoms with Gasteiger partial charge in [0.15, 0.2) is 0 Å². The maximum atomic E-state index is 13.0. The van der Waals surface area contributed by atoms with Crippen LogP contribution in [0.3, 0.4) is 0 Å². The monoisotopic (exact) mass is 191 g/mol. The molecule has 0 aromatic heterocycles. The number of hydrogen-bond acceptors (Lipinski definition) is 3. The first-order valence-corrected chi connectivity index (χ1v) is 3.57. The van der Waals surface area contributed by atoms with E-state index in [0.717, 1.165) is 0 Å². The first-order valence-electron chi connectivity index (χ1n) is 3.19. The highest BCUT2D eigenvalue weighted by atomic mass is 35.5. The quantitative estimate of drug-likeness (QED) is 0.624. The summed E-state index contributed by atoms with van der Waals surface area (Å²) in [5.74, 6) is -1.03. The average Bonchev–Trinajstić information content (AvgIpc) is 2.07. The minimum absolute atomic E-state index is 0.0498. The van der Waals surface area contributed by atoms with Crippen LogP contribution in [0.1, 0.15) is 5.56 Å². The van der Waals surface area contributed by atoms with E-state index in [1.807, 2.05) is 0 Å². The summed E-state index contributed by atoms with van der Waals surface area (Å²) in [4.78, 5) is 0. The Bertz CT molecular complexity index is 293. The van der Waals surface area contributed by atoms with Gasteiger partial charge in [0.05, 0.1) is 0 Å². The number of hydrogen-bond donors (Lipinski definition) is 3. The second-order valence-corrected chi connectivity index (χ2v) is 2.58. The van der Waals surface area contributed by atoms with Gasteiger partial charge in [-0.3, -0.25) is 0 Å². The van der Waals surface area contributed by atoms with Crippen LogP contribution in [0.5, 0.6) is 5.75 Å². The second kappa shape index (κ2) is 3.71. The lowest BCUT2D eigenvalue weighted by molar-refractivity contribution is 0.160. The fourth-order valence-electron chi connectivity index (χ4n) is 0.801. The van der Waals surface area contributed by atoms with Gasteiger partial charge < -0.3 is 10.3 Å². The molecular formula is C7H7ClFNO2. The zero-order valence-corrected chi connectivity index (χ0v) is 6.77. The van der Waals surface area contributed by atoms with Crippen molar-refractivity contribution in [3.8, 4) is 5.75 Å². The molecule has 0 unspecified atom stereocenters. The van der Waals surface area contributed by atoms with Crippen LogP contribution < -0.4 is 5.48 Å². The van der Waals surface area contributed by atoms with Crippen molar-refractivity contribution in [2.24, 2.45) is 0 Å². The maximum absolute atomic E-state index is 13.0. The lowest BCUT2D eigenvalue weighted by Gasteiger charge is -2.03. The third-order valence-corrected chi connectivity index (χ3v) is 1.77. The van der Waals surface area contributed by atoms with Gasteiger partial charge in [-0.15, -0.1) is 0 Å². The van der Waals surface area contributed by atoms with E-state index >= 15 is 0 Å². The van der Waals surface area contributed by atoms with Gasteiger partial charge in [0, 0.05) is 12.1 Å². The zero-order valence-electron chi connectivity index (χ0n) is 6.01. The van der Waals surface area contributed by atoms with Gasteiger partial charge in [0.2, 0.25) is 0 Å². The Morgan fingerprint density at radius 2 is 2.17 bits per heavy atom. The molecule has 1 aromatic rings. The van der Waals surface area contributed by atoms with Crippen LogP contribution in [-0.4, -0.2) is 10.3 Å². The number of halogens is 2. The lowest BCUT2D eigenvalue weighted by atomic mass is 10.2. The molecule has 1 aromatic carbocycles. The number of nitrogens with one attached hydrogen (secondary N) is 1. The first kappa shape index (κ1) is 9.25. The highest BCUT2D eigenvalue weighted by molar-refractivity contribution is 6.32. The van der Waals surface area contributed by atoms with E-state index in [-0.39, 0.29) is 22.9 Å². The van der Waals surface area contributed by atoms with E-state index in [2.05, 4.69) is 0 Å². The molecule has 3 N–H and O–H groups in total. The van der Waals surface area contributed by atoms with Crippen molar-refractivity contribution in [1.29, 1.82) is 0 Å². The van der Waals surface area contributed by atoms with Crippen molar-refractivity contribution in [1.82, 2.24) is 5.48 Å². The Hall–Kier alpha value is -0.840. The van der Waals surface area contributed by atoms with Crippen LogP contribution in [0.4, 0.5) is 4.39 Å². The van der Waals surface area contributed by atoms with Crippen molar-refractivity contribution < 1.29 is 14.7 Å². The van der Waals surface area contributed by atoms with E-state index in [0.29, 0.717) is 0 Å². The smallest absolute Gasteiger partial charge is 0.150 e. The number of aromatic hydroxyl groups is 1. The summed E-state index contributed by atoms with van der Waals surface area (Å²) in [5.41, 5.74) is 1.99. The fraction of sp³-hybridized carbons (Fsp3) is 0.143. The molecule has 0 amide bonds. The van der Waals surface area contributed by atoms with Crippen molar-refractivity contribution in [2.75, 3.05) is 0 Å². The molecule has 0 aliphatic heterocycles. The Labute approximate surface area is 73.4 Å². The third kappa shape index (κ3) is 1.66. The Kier molecular flexibility index (Phi) is 2.86. The molecule has 0 fully saturated rings. The molecule has 0 atom stereocenters. The van der Waals surface area contributed by atoms with Crippen LogP contribution in [0, 0.1) is 5.82 Å². The molecule has 0 bridgehead atoms. The molecule has 5 heteroatoms. The third-order valence-electron chi connectivity index (χ3n) is 1.41.